The molecule has 2 aromatic rings. The van der Waals surface area contributed by atoms with E-state index >= 15 is 0 Å². The topological polar surface area (TPSA) is 26.0 Å². The fourth-order valence-corrected chi connectivity index (χ4v) is 2.60. The molecule has 0 saturated heterocycles. The van der Waals surface area contributed by atoms with Gasteiger partial charge in [0, 0.05) is 10.6 Å². The normalized spacial score (nSPS) is 12.5. The third-order valence-corrected chi connectivity index (χ3v) is 3.60. The first-order valence-corrected chi connectivity index (χ1v) is 6.56. The van der Waals surface area contributed by atoms with Gasteiger partial charge in [0.2, 0.25) is 0 Å². The number of aryl methyl sites for hydroxylation is 3. The van der Waals surface area contributed by atoms with Crippen LogP contribution in [0.2, 0.25) is 5.02 Å². The number of hydrogen-bond donors (Lipinski definition) is 1. The molecule has 2 aromatic carbocycles. The lowest BCUT2D eigenvalue weighted by Crippen LogP contribution is -2.16. The molecule has 0 fully saturated rings. The molecule has 2 N–H and O–H groups in total. The third-order valence-electron chi connectivity index (χ3n) is 3.37. The zero-order chi connectivity index (χ0) is 14.2. The Morgan fingerprint density at radius 1 is 1.05 bits per heavy atom. The van der Waals surface area contributed by atoms with E-state index in [1.807, 2.05) is 39.0 Å². The minimum atomic E-state index is -0.501. The molecule has 0 saturated carbocycles. The van der Waals surface area contributed by atoms with Gasteiger partial charge in [0.25, 0.3) is 0 Å². The standard InChI is InChI=1S/C16H17ClFN/c1-9-6-11(3)15(14(18)7-9)16(19)13-8-12(17)5-4-10(13)2/h4-8,16H,19H2,1-3H3. The first-order valence-electron chi connectivity index (χ1n) is 6.18. The molecule has 0 heterocycles. The molecule has 0 radical (unpaired) electrons. The van der Waals surface area contributed by atoms with E-state index in [4.69, 9.17) is 17.3 Å². The predicted octanol–water partition coefficient (Wildman–Crippen LogP) is 4.45. The highest BCUT2D eigenvalue weighted by Crippen LogP contribution is 2.29. The van der Waals surface area contributed by atoms with Gasteiger partial charge in [-0.2, -0.15) is 0 Å². The Kier molecular flexibility index (Phi) is 3.93. The summed E-state index contributed by atoms with van der Waals surface area (Å²) in [5.74, 6) is -0.260. The Labute approximate surface area is 118 Å². The van der Waals surface area contributed by atoms with Gasteiger partial charge in [-0.1, -0.05) is 23.7 Å². The molecule has 0 bridgehead atoms. The zero-order valence-electron chi connectivity index (χ0n) is 11.3. The maximum Gasteiger partial charge on any atom is 0.128 e. The minimum Gasteiger partial charge on any atom is -0.320 e. The zero-order valence-corrected chi connectivity index (χ0v) is 12.1. The van der Waals surface area contributed by atoms with Crippen molar-refractivity contribution in [2.45, 2.75) is 26.8 Å². The van der Waals surface area contributed by atoms with Crippen LogP contribution in [-0.2, 0) is 0 Å². The van der Waals surface area contributed by atoms with Crippen molar-refractivity contribution in [3.05, 3.63) is 69.0 Å². The first kappa shape index (κ1) is 14.0. The van der Waals surface area contributed by atoms with Crippen LogP contribution in [0, 0.1) is 26.6 Å². The van der Waals surface area contributed by atoms with E-state index in [0.29, 0.717) is 10.6 Å². The quantitative estimate of drug-likeness (QED) is 0.862. The number of nitrogens with two attached hydrogens (primary N) is 1. The highest BCUT2D eigenvalue weighted by molar-refractivity contribution is 6.30. The summed E-state index contributed by atoms with van der Waals surface area (Å²) in [6, 6.07) is 8.48. The van der Waals surface area contributed by atoms with Gasteiger partial charge in [-0.25, -0.2) is 4.39 Å². The Bertz CT molecular complexity index is 599. The number of benzene rings is 2. The summed E-state index contributed by atoms with van der Waals surface area (Å²) in [7, 11) is 0. The maximum absolute atomic E-state index is 14.2. The summed E-state index contributed by atoms with van der Waals surface area (Å²) in [5.41, 5.74) is 10.4. The van der Waals surface area contributed by atoms with E-state index < -0.39 is 6.04 Å². The highest BCUT2D eigenvalue weighted by Gasteiger charge is 2.18. The summed E-state index contributed by atoms with van der Waals surface area (Å²) in [5, 5.41) is 0.612. The SMILES string of the molecule is Cc1cc(C)c(C(N)c2cc(Cl)ccc2C)c(F)c1. The van der Waals surface area contributed by atoms with Crippen LogP contribution in [0.25, 0.3) is 0 Å². The van der Waals surface area contributed by atoms with Gasteiger partial charge in [0.1, 0.15) is 5.82 Å². The molecule has 0 aromatic heterocycles. The van der Waals surface area contributed by atoms with Crippen LogP contribution < -0.4 is 5.73 Å². The fraction of sp³-hybridized carbons (Fsp3) is 0.250. The van der Waals surface area contributed by atoms with Crippen LogP contribution in [0.3, 0.4) is 0 Å². The lowest BCUT2D eigenvalue weighted by Gasteiger charge is -2.19. The third kappa shape index (κ3) is 2.80. The Balaban J connectivity index is 2.56. The van der Waals surface area contributed by atoms with Gasteiger partial charge in [-0.05, 0) is 61.2 Å². The van der Waals surface area contributed by atoms with Crippen molar-refractivity contribution in [1.82, 2.24) is 0 Å². The summed E-state index contributed by atoms with van der Waals surface area (Å²) in [6.07, 6.45) is 0. The molecule has 100 valence electrons. The number of hydrogen-bond acceptors (Lipinski definition) is 1. The molecular formula is C16H17ClFN. The number of halogens is 2. The summed E-state index contributed by atoms with van der Waals surface area (Å²) in [4.78, 5) is 0. The van der Waals surface area contributed by atoms with Crippen LogP contribution in [-0.4, -0.2) is 0 Å². The van der Waals surface area contributed by atoms with Crippen molar-refractivity contribution in [3.63, 3.8) is 0 Å². The van der Waals surface area contributed by atoms with Gasteiger partial charge >= 0.3 is 0 Å². The molecule has 2 rings (SSSR count). The molecule has 0 aliphatic rings. The van der Waals surface area contributed by atoms with Crippen molar-refractivity contribution in [2.24, 2.45) is 5.73 Å². The van der Waals surface area contributed by atoms with Crippen LogP contribution in [0.15, 0.2) is 30.3 Å². The average molecular weight is 278 g/mol. The monoisotopic (exact) mass is 277 g/mol. The molecular weight excluding hydrogens is 261 g/mol. The van der Waals surface area contributed by atoms with Gasteiger partial charge in [0.05, 0.1) is 6.04 Å². The van der Waals surface area contributed by atoms with E-state index in [1.54, 1.807) is 6.07 Å². The van der Waals surface area contributed by atoms with Crippen LogP contribution in [0.1, 0.15) is 33.9 Å². The van der Waals surface area contributed by atoms with Gasteiger partial charge in [-0.3, -0.25) is 0 Å². The van der Waals surface area contributed by atoms with Crippen LogP contribution in [0.5, 0.6) is 0 Å². The Hall–Kier alpha value is -1.38. The first-order chi connectivity index (χ1) is 8.90. The molecule has 0 amide bonds. The molecule has 3 heteroatoms. The predicted molar refractivity (Wildman–Crippen MR) is 78.1 cm³/mol. The van der Waals surface area contributed by atoms with Gasteiger partial charge in [0.15, 0.2) is 0 Å². The summed E-state index contributed by atoms with van der Waals surface area (Å²) < 4.78 is 14.2. The minimum absolute atomic E-state index is 0.260. The van der Waals surface area contributed by atoms with E-state index in [9.17, 15) is 4.39 Å². The number of rotatable bonds is 2. The molecule has 1 atom stereocenters. The van der Waals surface area contributed by atoms with Crippen molar-refractivity contribution in [2.75, 3.05) is 0 Å². The molecule has 19 heavy (non-hydrogen) atoms. The second kappa shape index (κ2) is 5.32. The fourth-order valence-electron chi connectivity index (χ4n) is 2.42. The van der Waals surface area contributed by atoms with Crippen molar-refractivity contribution < 1.29 is 4.39 Å². The maximum atomic E-state index is 14.2. The molecule has 1 nitrogen and oxygen atoms in total. The lowest BCUT2D eigenvalue weighted by atomic mass is 9.91. The van der Waals surface area contributed by atoms with Crippen LogP contribution in [0.4, 0.5) is 4.39 Å². The molecule has 0 aliphatic carbocycles. The average Bonchev–Trinajstić information content (AvgIpc) is 2.30. The summed E-state index contributed by atoms with van der Waals surface area (Å²) >= 11 is 6.00. The van der Waals surface area contributed by atoms with Crippen molar-refractivity contribution in [3.8, 4) is 0 Å². The van der Waals surface area contributed by atoms with Crippen molar-refractivity contribution >= 4 is 11.6 Å². The largest absolute Gasteiger partial charge is 0.320 e. The summed E-state index contributed by atoms with van der Waals surface area (Å²) in [6.45, 7) is 5.70. The van der Waals surface area contributed by atoms with Gasteiger partial charge < -0.3 is 5.73 Å². The Morgan fingerprint density at radius 2 is 1.74 bits per heavy atom. The second-order valence-corrected chi connectivity index (χ2v) is 5.39. The van der Waals surface area contributed by atoms with Gasteiger partial charge in [-0.15, -0.1) is 0 Å². The van der Waals surface area contributed by atoms with E-state index in [0.717, 1.165) is 22.3 Å². The Morgan fingerprint density at radius 3 is 2.37 bits per heavy atom. The molecule has 0 aliphatic heterocycles. The molecule has 0 spiro atoms. The van der Waals surface area contributed by atoms with Crippen LogP contribution >= 0.6 is 11.6 Å². The van der Waals surface area contributed by atoms with E-state index in [2.05, 4.69) is 0 Å². The molecule has 1 unspecified atom stereocenters. The smallest absolute Gasteiger partial charge is 0.128 e. The van der Waals surface area contributed by atoms with E-state index in [1.165, 1.54) is 6.07 Å². The second-order valence-electron chi connectivity index (χ2n) is 4.96. The lowest BCUT2D eigenvalue weighted by molar-refractivity contribution is 0.595. The van der Waals surface area contributed by atoms with E-state index in [-0.39, 0.29) is 5.82 Å². The van der Waals surface area contributed by atoms with Crippen molar-refractivity contribution in [1.29, 1.82) is 0 Å². The highest BCUT2D eigenvalue weighted by atomic mass is 35.5.